The predicted molar refractivity (Wildman–Crippen MR) is 73.6 cm³/mol. The van der Waals surface area contributed by atoms with Crippen molar-refractivity contribution in [2.75, 3.05) is 7.11 Å². The van der Waals surface area contributed by atoms with Crippen LogP contribution in [0.15, 0.2) is 37.1 Å². The summed E-state index contributed by atoms with van der Waals surface area (Å²) in [6.45, 7) is 0.371. The highest BCUT2D eigenvalue weighted by atomic mass is 16.5. The molecule has 3 rings (SSSR count). The Balaban J connectivity index is 1.91. The van der Waals surface area contributed by atoms with E-state index < -0.39 is 0 Å². The second-order valence-electron chi connectivity index (χ2n) is 4.33. The van der Waals surface area contributed by atoms with Crippen molar-refractivity contribution in [1.29, 1.82) is 0 Å². The molecule has 0 saturated carbocycles. The van der Waals surface area contributed by atoms with Gasteiger partial charge in [0.15, 0.2) is 11.5 Å². The third kappa shape index (κ3) is 2.27. The number of rotatable bonds is 4. The molecule has 0 atom stereocenters. The van der Waals surface area contributed by atoms with Gasteiger partial charge < -0.3 is 14.0 Å². The SMILES string of the molecule is COc1cc2cncnc2cc1OCc1nccn1C. The molecule has 0 saturated heterocycles. The van der Waals surface area contributed by atoms with Gasteiger partial charge in [0.25, 0.3) is 0 Å². The Hall–Kier alpha value is -2.63. The highest BCUT2D eigenvalue weighted by Crippen LogP contribution is 2.31. The van der Waals surface area contributed by atoms with E-state index in [2.05, 4.69) is 15.0 Å². The molecule has 20 heavy (non-hydrogen) atoms. The standard InChI is InChI=1S/C14H14N4O2/c1-18-4-3-16-14(18)8-20-13-6-11-10(5-12(13)19-2)7-15-9-17-11/h3-7,9H,8H2,1-2H3. The van der Waals surface area contributed by atoms with E-state index in [1.165, 1.54) is 6.33 Å². The third-order valence-electron chi connectivity index (χ3n) is 3.07. The normalized spacial score (nSPS) is 10.7. The fourth-order valence-corrected chi connectivity index (χ4v) is 1.94. The summed E-state index contributed by atoms with van der Waals surface area (Å²) < 4.78 is 13.1. The second-order valence-corrected chi connectivity index (χ2v) is 4.33. The molecule has 0 aliphatic heterocycles. The van der Waals surface area contributed by atoms with Crippen molar-refractivity contribution >= 4 is 10.9 Å². The number of benzene rings is 1. The lowest BCUT2D eigenvalue weighted by atomic mass is 10.2. The average molecular weight is 270 g/mol. The van der Waals surface area contributed by atoms with E-state index in [1.807, 2.05) is 29.9 Å². The summed E-state index contributed by atoms with van der Waals surface area (Å²) >= 11 is 0. The van der Waals surface area contributed by atoms with Gasteiger partial charge in [0.2, 0.25) is 0 Å². The van der Waals surface area contributed by atoms with E-state index in [-0.39, 0.29) is 0 Å². The lowest BCUT2D eigenvalue weighted by molar-refractivity contribution is 0.273. The second kappa shape index (κ2) is 5.16. The lowest BCUT2D eigenvalue weighted by Crippen LogP contribution is -2.04. The molecule has 6 nitrogen and oxygen atoms in total. The maximum atomic E-state index is 5.79. The Morgan fingerprint density at radius 3 is 2.85 bits per heavy atom. The molecule has 0 amide bonds. The summed E-state index contributed by atoms with van der Waals surface area (Å²) in [5, 5.41) is 0.911. The van der Waals surface area contributed by atoms with Crippen molar-refractivity contribution in [1.82, 2.24) is 19.5 Å². The first kappa shape index (κ1) is 12.4. The first-order valence-electron chi connectivity index (χ1n) is 6.14. The molecule has 2 heterocycles. The van der Waals surface area contributed by atoms with Crippen molar-refractivity contribution < 1.29 is 9.47 Å². The van der Waals surface area contributed by atoms with E-state index in [9.17, 15) is 0 Å². The molecule has 0 aliphatic carbocycles. The molecular weight excluding hydrogens is 256 g/mol. The first-order valence-corrected chi connectivity index (χ1v) is 6.14. The molecule has 0 N–H and O–H groups in total. The number of ether oxygens (including phenoxy) is 2. The Bertz CT molecular complexity index is 739. The fraction of sp³-hybridized carbons (Fsp3) is 0.214. The number of aryl methyl sites for hydroxylation is 1. The van der Waals surface area contributed by atoms with E-state index in [0.717, 1.165) is 16.7 Å². The van der Waals surface area contributed by atoms with Crippen LogP contribution in [0.5, 0.6) is 11.5 Å². The molecule has 0 spiro atoms. The fourth-order valence-electron chi connectivity index (χ4n) is 1.94. The quantitative estimate of drug-likeness (QED) is 0.725. The molecule has 0 bridgehead atoms. The zero-order valence-corrected chi connectivity index (χ0v) is 11.3. The molecule has 0 unspecified atom stereocenters. The Kier molecular flexibility index (Phi) is 3.20. The highest BCUT2D eigenvalue weighted by Gasteiger charge is 2.09. The Labute approximate surface area is 116 Å². The minimum atomic E-state index is 0.371. The monoisotopic (exact) mass is 270 g/mol. The van der Waals surface area contributed by atoms with Crippen LogP contribution in [0, 0.1) is 0 Å². The molecule has 2 aromatic heterocycles. The zero-order chi connectivity index (χ0) is 13.9. The van der Waals surface area contributed by atoms with Crippen LogP contribution in [-0.2, 0) is 13.7 Å². The first-order chi connectivity index (χ1) is 9.78. The van der Waals surface area contributed by atoms with Crippen LogP contribution in [-0.4, -0.2) is 26.6 Å². The van der Waals surface area contributed by atoms with Crippen LogP contribution >= 0.6 is 0 Å². The molecule has 3 aromatic rings. The van der Waals surface area contributed by atoms with Gasteiger partial charge >= 0.3 is 0 Å². The molecule has 0 aliphatic rings. The minimum Gasteiger partial charge on any atom is -0.493 e. The van der Waals surface area contributed by atoms with E-state index >= 15 is 0 Å². The lowest BCUT2D eigenvalue weighted by Gasteiger charge is -2.11. The van der Waals surface area contributed by atoms with Gasteiger partial charge in [-0.2, -0.15) is 0 Å². The molecule has 6 heteroatoms. The van der Waals surface area contributed by atoms with Crippen LogP contribution in [0.25, 0.3) is 10.9 Å². The number of imidazole rings is 1. The molecule has 0 fully saturated rings. The summed E-state index contributed by atoms with van der Waals surface area (Å²) in [6.07, 6.45) is 6.87. The van der Waals surface area contributed by atoms with Crippen LogP contribution in [0.4, 0.5) is 0 Å². The van der Waals surface area contributed by atoms with Crippen LogP contribution in [0.3, 0.4) is 0 Å². The number of aromatic nitrogens is 4. The van der Waals surface area contributed by atoms with Crippen LogP contribution in [0.2, 0.25) is 0 Å². The average Bonchev–Trinajstić information content (AvgIpc) is 2.89. The van der Waals surface area contributed by atoms with Gasteiger partial charge in [-0.05, 0) is 6.07 Å². The van der Waals surface area contributed by atoms with Crippen molar-refractivity contribution in [2.24, 2.45) is 7.05 Å². The molecule has 1 aromatic carbocycles. The summed E-state index contributed by atoms with van der Waals surface area (Å²) in [6, 6.07) is 3.71. The van der Waals surface area contributed by atoms with Crippen LogP contribution in [0.1, 0.15) is 5.82 Å². The van der Waals surface area contributed by atoms with Crippen molar-refractivity contribution in [3.63, 3.8) is 0 Å². The van der Waals surface area contributed by atoms with Crippen molar-refractivity contribution in [2.45, 2.75) is 6.61 Å². The number of methoxy groups -OCH3 is 1. The van der Waals surface area contributed by atoms with Gasteiger partial charge in [0, 0.05) is 37.1 Å². The van der Waals surface area contributed by atoms with Gasteiger partial charge in [-0.3, -0.25) is 0 Å². The number of nitrogens with zero attached hydrogens (tertiary/aromatic N) is 4. The maximum absolute atomic E-state index is 5.79. The maximum Gasteiger partial charge on any atom is 0.164 e. The van der Waals surface area contributed by atoms with E-state index in [1.54, 1.807) is 19.5 Å². The van der Waals surface area contributed by atoms with Gasteiger partial charge in [0.05, 0.1) is 12.6 Å². The van der Waals surface area contributed by atoms with E-state index in [0.29, 0.717) is 18.1 Å². The Morgan fingerprint density at radius 1 is 1.20 bits per heavy atom. The van der Waals surface area contributed by atoms with Gasteiger partial charge in [0.1, 0.15) is 18.8 Å². The zero-order valence-electron chi connectivity index (χ0n) is 11.3. The van der Waals surface area contributed by atoms with Gasteiger partial charge in [-0.1, -0.05) is 0 Å². The molecule has 0 radical (unpaired) electrons. The summed E-state index contributed by atoms with van der Waals surface area (Å²) in [5.74, 6) is 2.14. The minimum absolute atomic E-state index is 0.371. The number of fused-ring (bicyclic) bond motifs is 1. The summed E-state index contributed by atoms with van der Waals surface area (Å²) in [7, 11) is 3.54. The topological polar surface area (TPSA) is 62.1 Å². The summed E-state index contributed by atoms with van der Waals surface area (Å²) in [5.41, 5.74) is 0.815. The van der Waals surface area contributed by atoms with Crippen molar-refractivity contribution in [3.05, 3.63) is 42.9 Å². The number of hydrogen-bond acceptors (Lipinski definition) is 5. The predicted octanol–water partition coefficient (Wildman–Crippen LogP) is 1.95. The van der Waals surface area contributed by atoms with Crippen LogP contribution < -0.4 is 9.47 Å². The highest BCUT2D eigenvalue weighted by molar-refractivity contribution is 5.81. The number of hydrogen-bond donors (Lipinski definition) is 0. The van der Waals surface area contributed by atoms with Gasteiger partial charge in [-0.25, -0.2) is 15.0 Å². The molecule has 102 valence electrons. The summed E-state index contributed by atoms with van der Waals surface area (Å²) in [4.78, 5) is 12.4. The molecular formula is C14H14N4O2. The third-order valence-corrected chi connectivity index (χ3v) is 3.07. The largest absolute Gasteiger partial charge is 0.493 e. The smallest absolute Gasteiger partial charge is 0.164 e. The van der Waals surface area contributed by atoms with Gasteiger partial charge in [-0.15, -0.1) is 0 Å². The van der Waals surface area contributed by atoms with E-state index in [4.69, 9.17) is 9.47 Å². The Morgan fingerprint density at radius 2 is 2.10 bits per heavy atom. The van der Waals surface area contributed by atoms with Crippen molar-refractivity contribution in [3.8, 4) is 11.5 Å².